The van der Waals surface area contributed by atoms with E-state index in [2.05, 4.69) is 33.4 Å². The first kappa shape index (κ1) is 15.0. The predicted molar refractivity (Wildman–Crippen MR) is 83.3 cm³/mol. The van der Waals surface area contributed by atoms with Crippen LogP contribution in [-0.2, 0) is 11.3 Å². The average molecular weight is 326 g/mol. The lowest BCUT2D eigenvalue weighted by atomic mass is 10.1. The Balaban J connectivity index is 1.56. The molecule has 3 heteroatoms. The molecule has 1 aliphatic carbocycles. The summed E-state index contributed by atoms with van der Waals surface area (Å²) in [5.41, 5.74) is 1.23. The van der Waals surface area contributed by atoms with Crippen molar-refractivity contribution in [3.05, 3.63) is 34.3 Å². The number of rotatable bonds is 6. The van der Waals surface area contributed by atoms with Crippen molar-refractivity contribution >= 4 is 15.9 Å². The highest BCUT2D eigenvalue weighted by atomic mass is 79.9. The quantitative estimate of drug-likeness (QED) is 0.622. The second-order valence-electron chi connectivity index (χ2n) is 5.33. The minimum Gasteiger partial charge on any atom is -0.375 e. The van der Waals surface area contributed by atoms with Gasteiger partial charge in [0.15, 0.2) is 0 Å². The van der Waals surface area contributed by atoms with Gasteiger partial charge in [0, 0.05) is 17.1 Å². The maximum absolute atomic E-state index is 5.71. The normalized spacial score (nSPS) is 17.3. The van der Waals surface area contributed by atoms with Gasteiger partial charge in [0.25, 0.3) is 0 Å². The molecule has 19 heavy (non-hydrogen) atoms. The van der Waals surface area contributed by atoms with Gasteiger partial charge < -0.3 is 10.1 Å². The predicted octanol–water partition coefficient (Wildman–Crippen LogP) is 4.28. The molecule has 0 radical (unpaired) electrons. The highest BCUT2D eigenvalue weighted by Crippen LogP contribution is 2.17. The molecule has 0 heterocycles. The molecule has 106 valence electrons. The maximum atomic E-state index is 5.71. The van der Waals surface area contributed by atoms with Crippen LogP contribution in [0.4, 0.5) is 0 Å². The molecule has 1 aromatic rings. The van der Waals surface area contributed by atoms with E-state index < -0.39 is 0 Å². The summed E-state index contributed by atoms with van der Waals surface area (Å²) in [6, 6.07) is 9.02. The van der Waals surface area contributed by atoms with Gasteiger partial charge in [-0.05, 0) is 30.5 Å². The van der Waals surface area contributed by atoms with Crippen LogP contribution in [0.2, 0.25) is 0 Å². The minimum absolute atomic E-state index is 0.700. The molecule has 0 aromatic heterocycles. The molecule has 2 rings (SSSR count). The maximum Gasteiger partial charge on any atom is 0.0717 e. The van der Waals surface area contributed by atoms with Crippen molar-refractivity contribution < 1.29 is 4.74 Å². The Morgan fingerprint density at radius 1 is 1.16 bits per heavy atom. The summed E-state index contributed by atoms with van der Waals surface area (Å²) in [7, 11) is 0. The summed E-state index contributed by atoms with van der Waals surface area (Å²) in [5, 5.41) is 3.62. The third-order valence-electron chi connectivity index (χ3n) is 3.69. The van der Waals surface area contributed by atoms with E-state index in [-0.39, 0.29) is 0 Å². The van der Waals surface area contributed by atoms with E-state index in [4.69, 9.17) is 4.74 Å². The van der Waals surface area contributed by atoms with Crippen molar-refractivity contribution in [3.63, 3.8) is 0 Å². The van der Waals surface area contributed by atoms with Crippen molar-refractivity contribution in [3.8, 4) is 0 Å². The van der Waals surface area contributed by atoms with Crippen LogP contribution in [-0.4, -0.2) is 19.2 Å². The molecule has 1 N–H and O–H groups in total. The van der Waals surface area contributed by atoms with Gasteiger partial charge in [0.05, 0.1) is 13.2 Å². The van der Waals surface area contributed by atoms with E-state index in [1.54, 1.807) is 0 Å². The van der Waals surface area contributed by atoms with E-state index in [0.29, 0.717) is 6.61 Å². The standard InChI is InChI=1S/C16H24BrNO/c17-15-7-5-6-14(12-15)13-19-11-10-18-16-8-3-1-2-4-9-16/h5-7,12,16,18H,1-4,8-11,13H2. The van der Waals surface area contributed by atoms with Gasteiger partial charge in [-0.2, -0.15) is 0 Å². The third-order valence-corrected chi connectivity index (χ3v) is 4.19. The van der Waals surface area contributed by atoms with Gasteiger partial charge in [-0.3, -0.25) is 0 Å². The zero-order chi connectivity index (χ0) is 13.3. The molecular weight excluding hydrogens is 302 g/mol. The Kier molecular flexibility index (Phi) is 6.90. The van der Waals surface area contributed by atoms with Gasteiger partial charge in [-0.1, -0.05) is 53.7 Å². The summed E-state index contributed by atoms with van der Waals surface area (Å²) in [5.74, 6) is 0. The first-order valence-electron chi connectivity index (χ1n) is 7.40. The lowest BCUT2D eigenvalue weighted by molar-refractivity contribution is 0.120. The lowest BCUT2D eigenvalue weighted by Crippen LogP contribution is -2.31. The SMILES string of the molecule is Brc1cccc(COCCNC2CCCCCC2)c1. The molecule has 0 amide bonds. The summed E-state index contributed by atoms with van der Waals surface area (Å²) >= 11 is 3.48. The van der Waals surface area contributed by atoms with Crippen LogP contribution < -0.4 is 5.32 Å². The van der Waals surface area contributed by atoms with Crippen LogP contribution in [0.5, 0.6) is 0 Å². The fraction of sp³-hybridized carbons (Fsp3) is 0.625. The van der Waals surface area contributed by atoms with Gasteiger partial charge in [-0.25, -0.2) is 0 Å². The smallest absolute Gasteiger partial charge is 0.0717 e. The largest absolute Gasteiger partial charge is 0.375 e. The van der Waals surface area contributed by atoms with Gasteiger partial charge in [-0.15, -0.1) is 0 Å². The number of hydrogen-bond donors (Lipinski definition) is 1. The van der Waals surface area contributed by atoms with Crippen LogP contribution in [0.1, 0.15) is 44.1 Å². The fourth-order valence-electron chi connectivity index (χ4n) is 2.64. The molecule has 1 saturated carbocycles. The van der Waals surface area contributed by atoms with E-state index in [1.165, 1.54) is 44.1 Å². The highest BCUT2D eigenvalue weighted by molar-refractivity contribution is 9.10. The molecule has 2 nitrogen and oxygen atoms in total. The Morgan fingerprint density at radius 2 is 1.95 bits per heavy atom. The van der Waals surface area contributed by atoms with Crippen molar-refractivity contribution in [2.24, 2.45) is 0 Å². The van der Waals surface area contributed by atoms with Crippen molar-refractivity contribution in [1.82, 2.24) is 5.32 Å². The van der Waals surface area contributed by atoms with Gasteiger partial charge >= 0.3 is 0 Å². The van der Waals surface area contributed by atoms with E-state index in [9.17, 15) is 0 Å². The van der Waals surface area contributed by atoms with Crippen molar-refractivity contribution in [2.75, 3.05) is 13.2 Å². The zero-order valence-electron chi connectivity index (χ0n) is 11.5. The molecule has 0 bridgehead atoms. The second kappa shape index (κ2) is 8.72. The van der Waals surface area contributed by atoms with E-state index in [0.717, 1.165) is 23.7 Å². The summed E-state index contributed by atoms with van der Waals surface area (Å²) in [4.78, 5) is 0. The highest BCUT2D eigenvalue weighted by Gasteiger charge is 2.10. The van der Waals surface area contributed by atoms with E-state index >= 15 is 0 Å². The molecular formula is C16H24BrNO. The number of nitrogens with one attached hydrogen (secondary N) is 1. The van der Waals surface area contributed by atoms with Crippen LogP contribution in [0.25, 0.3) is 0 Å². The Hall–Kier alpha value is -0.380. The third kappa shape index (κ3) is 6.07. The van der Waals surface area contributed by atoms with Gasteiger partial charge in [0.2, 0.25) is 0 Å². The number of benzene rings is 1. The molecule has 1 fully saturated rings. The first-order valence-corrected chi connectivity index (χ1v) is 8.19. The number of ether oxygens (including phenoxy) is 1. The summed E-state index contributed by atoms with van der Waals surface area (Å²) in [6.07, 6.45) is 8.28. The minimum atomic E-state index is 0.700. The topological polar surface area (TPSA) is 21.3 Å². The number of halogens is 1. The molecule has 0 atom stereocenters. The van der Waals surface area contributed by atoms with Crippen LogP contribution >= 0.6 is 15.9 Å². The summed E-state index contributed by atoms with van der Waals surface area (Å²) < 4.78 is 6.83. The molecule has 0 unspecified atom stereocenters. The Bertz CT molecular complexity index is 362. The lowest BCUT2D eigenvalue weighted by Gasteiger charge is -2.16. The molecule has 1 aliphatic rings. The molecule has 0 saturated heterocycles. The monoisotopic (exact) mass is 325 g/mol. The zero-order valence-corrected chi connectivity index (χ0v) is 13.1. The average Bonchev–Trinajstić information content (AvgIpc) is 2.67. The molecule has 0 spiro atoms. The molecule has 0 aliphatic heterocycles. The van der Waals surface area contributed by atoms with E-state index in [1.807, 2.05) is 12.1 Å². The second-order valence-corrected chi connectivity index (χ2v) is 6.24. The number of hydrogen-bond acceptors (Lipinski definition) is 2. The fourth-order valence-corrected chi connectivity index (χ4v) is 3.08. The van der Waals surface area contributed by atoms with Crippen LogP contribution in [0, 0.1) is 0 Å². The molecule has 1 aromatic carbocycles. The van der Waals surface area contributed by atoms with Crippen molar-refractivity contribution in [2.45, 2.75) is 51.2 Å². The van der Waals surface area contributed by atoms with Gasteiger partial charge in [0.1, 0.15) is 0 Å². The van der Waals surface area contributed by atoms with Crippen LogP contribution in [0.3, 0.4) is 0 Å². The Morgan fingerprint density at radius 3 is 2.68 bits per heavy atom. The van der Waals surface area contributed by atoms with Crippen molar-refractivity contribution in [1.29, 1.82) is 0 Å². The summed E-state index contributed by atoms with van der Waals surface area (Å²) in [6.45, 7) is 2.47. The Labute approximate surface area is 125 Å². The first-order chi connectivity index (χ1) is 9.34. The van der Waals surface area contributed by atoms with Crippen LogP contribution in [0.15, 0.2) is 28.7 Å².